The lowest BCUT2D eigenvalue weighted by Crippen LogP contribution is -2.15. The zero-order valence-electron chi connectivity index (χ0n) is 31.0. The highest BCUT2D eigenvalue weighted by atomic mass is 14.4. The smallest absolute Gasteiger partial charge is 0.0159 e. The molecule has 1 aliphatic carbocycles. The van der Waals surface area contributed by atoms with E-state index in [9.17, 15) is 0 Å². The van der Waals surface area contributed by atoms with Crippen LogP contribution in [-0.2, 0) is 5.41 Å². The van der Waals surface area contributed by atoms with Gasteiger partial charge in [-0.1, -0.05) is 196 Å². The summed E-state index contributed by atoms with van der Waals surface area (Å²) in [6.45, 7) is 4.87. The number of hydrogen-bond acceptors (Lipinski definition) is 0. The van der Waals surface area contributed by atoms with E-state index < -0.39 is 0 Å². The Morgan fingerprint density at radius 2 is 0.527 bits per heavy atom. The van der Waals surface area contributed by atoms with Crippen LogP contribution in [-0.4, -0.2) is 0 Å². The van der Waals surface area contributed by atoms with Gasteiger partial charge in [-0.15, -0.1) is 0 Å². The van der Waals surface area contributed by atoms with Crippen LogP contribution in [0.5, 0.6) is 0 Å². The van der Waals surface area contributed by atoms with Crippen molar-refractivity contribution in [3.63, 3.8) is 0 Å². The second-order valence-corrected chi connectivity index (χ2v) is 15.6. The molecule has 0 heteroatoms. The van der Waals surface area contributed by atoms with Crippen LogP contribution in [0, 0.1) is 0 Å². The fourth-order valence-electron chi connectivity index (χ4n) is 9.67. The van der Waals surface area contributed by atoms with Gasteiger partial charge in [0.1, 0.15) is 0 Å². The maximum absolute atomic E-state index is 2.53. The summed E-state index contributed by atoms with van der Waals surface area (Å²) in [5.74, 6) is 0. The second kappa shape index (κ2) is 12.1. The molecule has 0 unspecified atom stereocenters. The zero-order chi connectivity index (χ0) is 36.7. The third kappa shape index (κ3) is 4.71. The molecule has 0 radical (unpaired) electrons. The van der Waals surface area contributed by atoms with E-state index in [0.717, 1.165) is 0 Å². The van der Waals surface area contributed by atoms with E-state index in [1.807, 2.05) is 0 Å². The number of fused-ring (bicyclic) bond motifs is 9. The highest BCUT2D eigenvalue weighted by Gasteiger charge is 2.39. The summed E-state index contributed by atoms with van der Waals surface area (Å²) < 4.78 is 0. The summed E-state index contributed by atoms with van der Waals surface area (Å²) in [5, 5.41) is 10.3. The Morgan fingerprint density at radius 1 is 0.255 bits per heavy atom. The minimum absolute atomic E-state index is 0.234. The van der Waals surface area contributed by atoms with Crippen molar-refractivity contribution in [3.8, 4) is 55.6 Å². The van der Waals surface area contributed by atoms with Gasteiger partial charge in [-0.05, 0) is 122 Å². The molecule has 0 N–H and O–H groups in total. The minimum atomic E-state index is -0.234. The van der Waals surface area contributed by atoms with Gasteiger partial charge in [-0.3, -0.25) is 0 Å². The zero-order valence-corrected chi connectivity index (χ0v) is 31.0. The van der Waals surface area contributed by atoms with Gasteiger partial charge < -0.3 is 0 Å². The maximum atomic E-state index is 2.53. The molecule has 0 nitrogen and oxygen atoms in total. The molecule has 10 aromatic rings. The lowest BCUT2D eigenvalue weighted by molar-refractivity contribution is 0.661. The molecule has 0 atom stereocenters. The van der Waals surface area contributed by atoms with Gasteiger partial charge in [-0.2, -0.15) is 0 Å². The molecule has 0 heterocycles. The molecule has 0 spiro atoms. The number of hydrogen-bond donors (Lipinski definition) is 0. The predicted octanol–water partition coefficient (Wildman–Crippen LogP) is 15.3. The summed E-state index contributed by atoms with van der Waals surface area (Å²) in [6, 6.07) is 72.0. The van der Waals surface area contributed by atoms with Crippen LogP contribution < -0.4 is 0 Å². The van der Waals surface area contributed by atoms with E-state index in [-0.39, 0.29) is 5.41 Å². The quantitative estimate of drug-likeness (QED) is 0.172. The standard InChI is InChI=1S/C55H38/c1-55(2)51-33-49(45-31-29-37(35-17-5-3-6-18-35)39-21-9-11-23-41(39)45)43-25-13-15-27-47(43)53(51)54-48-28-16-14-26-44(48)50(34-52(54)55)46-32-30-38(36-19-7-4-8-20-36)40-22-10-12-24-42(40)46/h3-34H,1-2H3. The monoisotopic (exact) mass is 698 g/mol. The van der Waals surface area contributed by atoms with Crippen LogP contribution in [0.1, 0.15) is 25.0 Å². The van der Waals surface area contributed by atoms with Crippen molar-refractivity contribution in [2.75, 3.05) is 0 Å². The molecular formula is C55H38. The van der Waals surface area contributed by atoms with Crippen LogP contribution >= 0.6 is 0 Å². The normalized spacial score (nSPS) is 13.1. The van der Waals surface area contributed by atoms with Gasteiger partial charge in [0.15, 0.2) is 0 Å². The van der Waals surface area contributed by atoms with Crippen LogP contribution in [0.15, 0.2) is 194 Å². The van der Waals surface area contributed by atoms with Crippen molar-refractivity contribution in [2.24, 2.45) is 0 Å². The average molecular weight is 699 g/mol. The molecule has 10 aromatic carbocycles. The molecule has 0 saturated carbocycles. The highest BCUT2D eigenvalue weighted by Crippen LogP contribution is 2.57. The van der Waals surface area contributed by atoms with Crippen molar-refractivity contribution >= 4 is 43.1 Å². The lowest BCUT2D eigenvalue weighted by atomic mass is 9.79. The first-order valence-electron chi connectivity index (χ1n) is 19.4. The second-order valence-electron chi connectivity index (χ2n) is 15.6. The molecule has 0 aromatic heterocycles. The van der Waals surface area contributed by atoms with Gasteiger partial charge in [-0.25, -0.2) is 0 Å². The maximum Gasteiger partial charge on any atom is 0.0159 e. The van der Waals surface area contributed by atoms with E-state index >= 15 is 0 Å². The Balaban J connectivity index is 1.17. The molecule has 0 saturated heterocycles. The van der Waals surface area contributed by atoms with E-state index in [0.29, 0.717) is 0 Å². The average Bonchev–Trinajstić information content (AvgIpc) is 3.48. The Kier molecular flexibility index (Phi) is 7.00. The highest BCUT2D eigenvalue weighted by molar-refractivity contribution is 6.20. The van der Waals surface area contributed by atoms with Crippen LogP contribution in [0.4, 0.5) is 0 Å². The fourth-order valence-corrected chi connectivity index (χ4v) is 9.67. The fraction of sp³-hybridized carbons (Fsp3) is 0.0545. The molecule has 11 rings (SSSR count). The Hall–Kier alpha value is -6.76. The molecule has 0 amide bonds. The predicted molar refractivity (Wildman–Crippen MR) is 236 cm³/mol. The molecule has 258 valence electrons. The summed E-state index contributed by atoms with van der Waals surface area (Å²) in [6.07, 6.45) is 0. The van der Waals surface area contributed by atoms with Gasteiger partial charge in [0.05, 0.1) is 0 Å². The Labute approximate surface area is 322 Å². The Bertz CT molecular complexity index is 2930. The first-order valence-corrected chi connectivity index (χ1v) is 19.4. The molecule has 0 bridgehead atoms. The molecule has 1 aliphatic rings. The number of rotatable bonds is 4. The van der Waals surface area contributed by atoms with Gasteiger partial charge in [0, 0.05) is 5.41 Å². The van der Waals surface area contributed by atoms with E-state index in [2.05, 4.69) is 208 Å². The Morgan fingerprint density at radius 3 is 0.891 bits per heavy atom. The minimum Gasteiger partial charge on any atom is -0.0622 e. The summed E-state index contributed by atoms with van der Waals surface area (Å²) in [4.78, 5) is 0. The van der Waals surface area contributed by atoms with Crippen LogP contribution in [0.25, 0.3) is 98.7 Å². The van der Waals surface area contributed by atoms with Gasteiger partial charge in [0.25, 0.3) is 0 Å². The lowest BCUT2D eigenvalue weighted by Gasteiger charge is -2.24. The summed E-state index contributed by atoms with van der Waals surface area (Å²) >= 11 is 0. The SMILES string of the molecule is CC1(C)c2cc(-c3ccc(-c4ccccc4)c4ccccc34)c3ccccc3c2-c2c1cc(-c1ccc(-c3ccccc3)c3ccccc13)c1ccccc21. The molecule has 55 heavy (non-hydrogen) atoms. The third-order valence-corrected chi connectivity index (χ3v) is 12.3. The van der Waals surface area contributed by atoms with Crippen molar-refractivity contribution in [1.29, 1.82) is 0 Å². The van der Waals surface area contributed by atoms with E-state index in [1.165, 1.54) is 110 Å². The third-order valence-electron chi connectivity index (χ3n) is 12.3. The van der Waals surface area contributed by atoms with Gasteiger partial charge >= 0.3 is 0 Å². The molecule has 0 aliphatic heterocycles. The topological polar surface area (TPSA) is 0 Å². The largest absolute Gasteiger partial charge is 0.0622 e. The summed E-state index contributed by atoms with van der Waals surface area (Å²) in [7, 11) is 0. The summed E-state index contributed by atoms with van der Waals surface area (Å²) in [5.41, 5.74) is 15.4. The van der Waals surface area contributed by atoms with E-state index in [1.54, 1.807) is 0 Å². The van der Waals surface area contributed by atoms with E-state index in [4.69, 9.17) is 0 Å². The molecule has 0 fully saturated rings. The van der Waals surface area contributed by atoms with Crippen LogP contribution in [0.3, 0.4) is 0 Å². The van der Waals surface area contributed by atoms with Crippen molar-refractivity contribution < 1.29 is 0 Å². The first kappa shape index (κ1) is 31.7. The molecular weight excluding hydrogens is 661 g/mol. The first-order chi connectivity index (χ1) is 27.1. The van der Waals surface area contributed by atoms with Crippen molar-refractivity contribution in [2.45, 2.75) is 19.3 Å². The van der Waals surface area contributed by atoms with Crippen molar-refractivity contribution in [3.05, 3.63) is 205 Å². The van der Waals surface area contributed by atoms with Crippen molar-refractivity contribution in [1.82, 2.24) is 0 Å². The van der Waals surface area contributed by atoms with Crippen LogP contribution in [0.2, 0.25) is 0 Å². The number of benzene rings is 10. The van der Waals surface area contributed by atoms with Gasteiger partial charge in [0.2, 0.25) is 0 Å².